The molecule has 4 heterocycles. The lowest BCUT2D eigenvalue weighted by molar-refractivity contribution is -0.391. The largest absolute Gasteiger partial charge is 0.477 e. The third-order valence-corrected chi connectivity index (χ3v) is 12.9. The van der Waals surface area contributed by atoms with Gasteiger partial charge in [0.05, 0.1) is 57.3 Å². The predicted molar refractivity (Wildman–Crippen MR) is 245 cm³/mol. The van der Waals surface area contributed by atoms with Gasteiger partial charge in [0.25, 0.3) is 5.79 Å². The van der Waals surface area contributed by atoms with E-state index >= 15 is 0 Å². The lowest BCUT2D eigenvalue weighted by Crippen LogP contribution is -2.71. The quantitative estimate of drug-likeness (QED) is 0.0428. The van der Waals surface area contributed by atoms with Crippen molar-refractivity contribution in [2.75, 3.05) is 39.5 Å². The summed E-state index contributed by atoms with van der Waals surface area (Å²) in [6.07, 6.45) is -35.2. The van der Waals surface area contributed by atoms with Crippen molar-refractivity contribution in [2.24, 2.45) is 5.73 Å². The van der Waals surface area contributed by atoms with Crippen LogP contribution in [0.15, 0.2) is 30.3 Å². The molecule has 18 N–H and O–H groups in total. The van der Waals surface area contributed by atoms with E-state index in [1.165, 1.54) is 6.92 Å². The number of hydrogen-bond acceptors (Lipinski definition) is 25. The Morgan fingerprint density at radius 1 is 0.760 bits per heavy atom. The first kappa shape index (κ1) is 61.6. The number of nitrogens with one attached hydrogen (secondary N) is 4. The van der Waals surface area contributed by atoms with Gasteiger partial charge in [0.2, 0.25) is 23.6 Å². The number of carboxylic acid groups (broad SMARTS) is 1. The number of aliphatic carboxylic acids is 1. The summed E-state index contributed by atoms with van der Waals surface area (Å²) in [6, 6.07) is 4.90. The summed E-state index contributed by atoms with van der Waals surface area (Å²) in [5.41, 5.74) is 6.82. The van der Waals surface area contributed by atoms with E-state index in [0.29, 0.717) is 0 Å². The number of amides is 4. The van der Waals surface area contributed by atoms with Gasteiger partial charge in [-0.25, -0.2) is 4.79 Å². The molecule has 4 fully saturated rings. The minimum atomic E-state index is -3.16. The lowest BCUT2D eigenvalue weighted by Gasteiger charge is -2.51. The van der Waals surface area contributed by atoms with Gasteiger partial charge in [-0.1, -0.05) is 30.3 Å². The standard InChI is InChI=1S/C45H71N5O25/c1-18-30(59)33(62)34(63)42(69-18)73-38-29(50-20(3)55)41(68-11-7-10-47-27(58)14-48-40(65)22(46)12-21-8-5-4-6-9-21)71-26(17-53)36(38)72-43-35(64)39(32(61)25(16-52)70-43)75-45(44(66)67)13-23(56)28(49-19(2)54)37(74-45)31(60)24(57)15-51/h4-6,8-9,18,22-26,28-39,41-43,51-53,56-57,59-64H,7,10-17,46H2,1-3H3,(H,47,58)(H,48,65)(H,49,54)(H,50,55)(H,66,67)/t18-,22?,23-,24+,25+,26+,28+,29+,30+,31+,32-,33+,34-,35+,36+,37+,38+,39-,41+,42-,43-,45-/m0/s1. The second kappa shape index (κ2) is 27.9. The molecule has 4 aliphatic heterocycles. The highest BCUT2D eigenvalue weighted by molar-refractivity contribution is 5.87. The zero-order chi connectivity index (χ0) is 55.5. The smallest absolute Gasteiger partial charge is 0.364 e. The van der Waals surface area contributed by atoms with Crippen LogP contribution in [0.1, 0.15) is 39.2 Å². The normalized spacial score (nSPS) is 37.3. The number of hydrogen-bond donors (Lipinski definition) is 17. The summed E-state index contributed by atoms with van der Waals surface area (Å²) in [5.74, 6) is -7.89. The summed E-state index contributed by atoms with van der Waals surface area (Å²) >= 11 is 0. The molecule has 0 bridgehead atoms. The maximum atomic E-state index is 13.1. The van der Waals surface area contributed by atoms with Crippen molar-refractivity contribution in [3.05, 3.63) is 35.9 Å². The third kappa shape index (κ3) is 15.5. The molecule has 30 heteroatoms. The van der Waals surface area contributed by atoms with Crippen molar-refractivity contribution in [2.45, 2.75) is 174 Å². The van der Waals surface area contributed by atoms with E-state index in [2.05, 4.69) is 21.3 Å². The van der Waals surface area contributed by atoms with Crippen molar-refractivity contribution in [3.63, 3.8) is 0 Å². The molecular weight excluding hydrogens is 1010 g/mol. The summed E-state index contributed by atoms with van der Waals surface area (Å²) in [4.78, 5) is 63.2. The summed E-state index contributed by atoms with van der Waals surface area (Å²) < 4.78 is 47.3. The highest BCUT2D eigenvalue weighted by atomic mass is 16.8. The topological polar surface area (TPSA) is 476 Å². The molecule has 0 aromatic heterocycles. The van der Waals surface area contributed by atoms with Crippen LogP contribution in [0, 0.1) is 0 Å². The van der Waals surface area contributed by atoms with E-state index < -0.39 is 197 Å². The molecule has 0 aliphatic carbocycles. The van der Waals surface area contributed by atoms with Gasteiger partial charge in [-0.2, -0.15) is 0 Å². The summed E-state index contributed by atoms with van der Waals surface area (Å²) in [5, 5.41) is 139. The number of carboxylic acids is 1. The molecule has 4 amide bonds. The van der Waals surface area contributed by atoms with Gasteiger partial charge in [0, 0.05) is 26.8 Å². The van der Waals surface area contributed by atoms with Crippen LogP contribution in [0.4, 0.5) is 0 Å². The molecule has 0 saturated carbocycles. The highest BCUT2D eigenvalue weighted by Gasteiger charge is 2.61. The van der Waals surface area contributed by atoms with E-state index in [1.807, 2.05) is 6.07 Å². The number of carbonyl (C=O) groups excluding carboxylic acids is 4. The predicted octanol–water partition coefficient (Wildman–Crippen LogP) is -9.01. The Hall–Kier alpha value is -4.23. The molecule has 4 saturated heterocycles. The van der Waals surface area contributed by atoms with Crippen LogP contribution in [-0.4, -0.2) is 265 Å². The van der Waals surface area contributed by atoms with Crippen LogP contribution < -0.4 is 27.0 Å². The zero-order valence-electron chi connectivity index (χ0n) is 41.1. The Balaban J connectivity index is 1.38. The molecule has 426 valence electrons. The maximum Gasteiger partial charge on any atom is 0.364 e. The molecular formula is C45H71N5O25. The third-order valence-electron chi connectivity index (χ3n) is 12.9. The van der Waals surface area contributed by atoms with Crippen LogP contribution in [0.5, 0.6) is 0 Å². The first-order valence-corrected chi connectivity index (χ1v) is 24.1. The van der Waals surface area contributed by atoms with Crippen molar-refractivity contribution in [3.8, 4) is 0 Å². The molecule has 5 rings (SSSR count). The molecule has 1 unspecified atom stereocenters. The second-order valence-electron chi connectivity index (χ2n) is 18.6. The lowest BCUT2D eigenvalue weighted by atomic mass is 9.88. The number of aliphatic hydroxyl groups is 11. The van der Waals surface area contributed by atoms with E-state index in [1.54, 1.807) is 24.3 Å². The molecule has 0 spiro atoms. The minimum absolute atomic E-state index is 0.0233. The number of rotatable bonds is 24. The zero-order valence-corrected chi connectivity index (χ0v) is 41.1. The van der Waals surface area contributed by atoms with Crippen LogP contribution in [-0.2, 0) is 68.3 Å². The Morgan fingerprint density at radius 3 is 1.99 bits per heavy atom. The van der Waals surface area contributed by atoms with Crippen LogP contribution in [0.2, 0.25) is 0 Å². The summed E-state index contributed by atoms with van der Waals surface area (Å²) in [6.45, 7) is -0.414. The highest BCUT2D eigenvalue weighted by Crippen LogP contribution is 2.39. The van der Waals surface area contributed by atoms with E-state index in [4.69, 9.17) is 43.6 Å². The van der Waals surface area contributed by atoms with Gasteiger partial charge < -0.3 is 126 Å². The fraction of sp³-hybridized carbons (Fsp3) is 0.756. The van der Waals surface area contributed by atoms with Crippen molar-refractivity contribution >= 4 is 29.6 Å². The van der Waals surface area contributed by atoms with Gasteiger partial charge in [0.1, 0.15) is 85.4 Å². The number of carbonyl (C=O) groups is 5. The van der Waals surface area contributed by atoms with Gasteiger partial charge in [-0.3, -0.25) is 19.2 Å². The number of benzene rings is 1. The second-order valence-corrected chi connectivity index (χ2v) is 18.6. The van der Waals surface area contributed by atoms with Crippen LogP contribution >= 0.6 is 0 Å². The molecule has 75 heavy (non-hydrogen) atoms. The van der Waals surface area contributed by atoms with Crippen molar-refractivity contribution < 1.29 is 123 Å². The maximum absolute atomic E-state index is 13.1. The Labute approximate surface area is 428 Å². The molecule has 22 atom stereocenters. The Bertz CT molecular complexity index is 2020. The van der Waals surface area contributed by atoms with Crippen molar-refractivity contribution in [1.82, 2.24) is 21.3 Å². The van der Waals surface area contributed by atoms with E-state index in [0.717, 1.165) is 19.4 Å². The molecule has 30 nitrogen and oxygen atoms in total. The fourth-order valence-corrected chi connectivity index (χ4v) is 8.94. The molecule has 0 radical (unpaired) electrons. The fourth-order valence-electron chi connectivity index (χ4n) is 8.94. The van der Waals surface area contributed by atoms with Crippen LogP contribution in [0.25, 0.3) is 0 Å². The van der Waals surface area contributed by atoms with E-state index in [9.17, 15) is 85.3 Å². The monoisotopic (exact) mass is 1080 g/mol. The van der Waals surface area contributed by atoms with Gasteiger partial charge in [-0.15, -0.1) is 0 Å². The van der Waals surface area contributed by atoms with Gasteiger partial charge in [-0.05, 0) is 25.3 Å². The molecule has 1 aromatic carbocycles. The Kier molecular flexibility index (Phi) is 22.9. The first-order chi connectivity index (χ1) is 35.5. The average molecular weight is 1080 g/mol. The molecule has 4 aliphatic rings. The van der Waals surface area contributed by atoms with E-state index in [-0.39, 0.29) is 26.0 Å². The van der Waals surface area contributed by atoms with Gasteiger partial charge >= 0.3 is 5.97 Å². The van der Waals surface area contributed by atoms with Gasteiger partial charge in [0.15, 0.2) is 18.9 Å². The van der Waals surface area contributed by atoms with Crippen LogP contribution in [0.3, 0.4) is 0 Å². The molecule has 1 aromatic rings. The summed E-state index contributed by atoms with van der Waals surface area (Å²) in [7, 11) is 0. The first-order valence-electron chi connectivity index (χ1n) is 24.1. The number of aliphatic hydroxyl groups excluding tert-OH is 11. The minimum Gasteiger partial charge on any atom is -0.477 e. The number of nitrogens with two attached hydrogens (primary N) is 1. The average Bonchev–Trinajstić information content (AvgIpc) is 3.37. The SMILES string of the molecule is CC(=O)N[C@H]1[C@H](OCCCNC(=O)CNC(=O)C(N)Cc2ccccc2)O[C@H](CO)[C@@H](O[C@@H]2O[C@H](CO)[C@H](O)[C@H](O[C@]3(C(=O)O)C[C@H](O)[C@@H](NC(C)=O)[C@H]([C@H](O)[C@H](O)CO)O3)[C@H]2O)[C@@H]1O[C@@H]1O[C@@H](C)[C@@H](O)[C@@H](O)[C@@H]1O. The van der Waals surface area contributed by atoms with Crippen molar-refractivity contribution in [1.29, 1.82) is 0 Å². The number of ether oxygens (including phenoxy) is 8. The Morgan fingerprint density at radius 2 is 1.37 bits per heavy atom.